The van der Waals surface area contributed by atoms with Gasteiger partial charge < -0.3 is 9.47 Å². The normalized spacial score (nSPS) is 10.1. The average Bonchev–Trinajstić information content (AvgIpc) is 2.41. The molecule has 0 radical (unpaired) electrons. The summed E-state index contributed by atoms with van der Waals surface area (Å²) < 4.78 is 23.4. The first kappa shape index (κ1) is 13.3. The van der Waals surface area contributed by atoms with Gasteiger partial charge in [-0.2, -0.15) is 0 Å². The maximum Gasteiger partial charge on any atom is 0.253 e. The maximum absolute atomic E-state index is 13.0. The van der Waals surface area contributed by atoms with E-state index in [4.69, 9.17) is 21.1 Å². The Morgan fingerprint density at radius 2 is 2.05 bits per heavy atom. The highest BCUT2D eigenvalue weighted by molar-refractivity contribution is 6.67. The van der Waals surface area contributed by atoms with Gasteiger partial charge in [0.05, 0.1) is 12.7 Å². The Morgan fingerprint density at radius 1 is 1.26 bits per heavy atom. The zero-order valence-electron chi connectivity index (χ0n) is 9.89. The molecule has 0 fully saturated rings. The largest absolute Gasteiger partial charge is 0.493 e. The Kier molecular flexibility index (Phi) is 3.97. The van der Waals surface area contributed by atoms with E-state index in [1.807, 2.05) is 0 Å². The number of aromatic nitrogens is 1. The third-order valence-corrected chi connectivity index (χ3v) is 2.52. The van der Waals surface area contributed by atoms with Crippen molar-refractivity contribution >= 4 is 16.8 Å². The predicted molar refractivity (Wildman–Crippen MR) is 67.4 cm³/mol. The first-order valence-electron chi connectivity index (χ1n) is 5.27. The minimum absolute atomic E-state index is 0.242. The summed E-state index contributed by atoms with van der Waals surface area (Å²) in [7, 11) is 1.41. The Bertz CT molecular complexity index is 601. The zero-order chi connectivity index (χ0) is 13.8. The standard InChI is InChI=1S/C13H9ClFNO3/c1-18-11-6-9(15)3-4-10(11)19-12-5-2-8(7-16-12)13(14)17/h2-7H,1H3. The van der Waals surface area contributed by atoms with Gasteiger partial charge in [0.15, 0.2) is 11.5 Å². The molecule has 4 nitrogen and oxygen atoms in total. The molecule has 19 heavy (non-hydrogen) atoms. The van der Waals surface area contributed by atoms with E-state index in [9.17, 15) is 9.18 Å². The van der Waals surface area contributed by atoms with Crippen LogP contribution in [-0.2, 0) is 0 Å². The number of ether oxygens (including phenoxy) is 2. The van der Waals surface area contributed by atoms with Crippen LogP contribution in [0.4, 0.5) is 4.39 Å². The minimum atomic E-state index is -0.599. The number of carbonyl (C=O) groups excluding carboxylic acids is 1. The molecule has 0 amide bonds. The van der Waals surface area contributed by atoms with Gasteiger partial charge in [0.25, 0.3) is 5.24 Å². The molecule has 1 aromatic carbocycles. The lowest BCUT2D eigenvalue weighted by atomic mass is 10.3. The van der Waals surface area contributed by atoms with Crippen molar-refractivity contribution in [3.63, 3.8) is 0 Å². The molecule has 0 aliphatic rings. The molecule has 0 unspecified atom stereocenters. The minimum Gasteiger partial charge on any atom is -0.493 e. The molecule has 0 N–H and O–H groups in total. The summed E-state index contributed by atoms with van der Waals surface area (Å²) in [6.07, 6.45) is 1.29. The van der Waals surface area contributed by atoms with E-state index < -0.39 is 11.1 Å². The molecular weight excluding hydrogens is 273 g/mol. The Morgan fingerprint density at radius 3 is 2.63 bits per heavy atom. The molecular formula is C13H9ClFNO3. The summed E-state index contributed by atoms with van der Waals surface area (Å²) in [6.45, 7) is 0. The van der Waals surface area contributed by atoms with E-state index in [1.54, 1.807) is 0 Å². The van der Waals surface area contributed by atoms with Crippen LogP contribution in [0.1, 0.15) is 10.4 Å². The quantitative estimate of drug-likeness (QED) is 0.806. The van der Waals surface area contributed by atoms with Crippen molar-refractivity contribution < 1.29 is 18.7 Å². The van der Waals surface area contributed by atoms with Crippen LogP contribution in [-0.4, -0.2) is 17.3 Å². The Hall–Kier alpha value is -2.14. The van der Waals surface area contributed by atoms with Gasteiger partial charge in [-0.15, -0.1) is 0 Å². The van der Waals surface area contributed by atoms with E-state index in [0.717, 1.165) is 0 Å². The summed E-state index contributed by atoms with van der Waals surface area (Å²) in [5.74, 6) is 0.382. The fourth-order valence-corrected chi connectivity index (χ4v) is 1.51. The smallest absolute Gasteiger partial charge is 0.253 e. The van der Waals surface area contributed by atoms with Crippen molar-refractivity contribution in [3.05, 3.63) is 47.9 Å². The molecule has 2 aromatic rings. The summed E-state index contributed by atoms with van der Waals surface area (Å²) in [5, 5.41) is -0.599. The number of methoxy groups -OCH3 is 1. The van der Waals surface area contributed by atoms with Crippen molar-refractivity contribution in [3.8, 4) is 17.4 Å². The molecule has 0 saturated heterocycles. The first-order valence-corrected chi connectivity index (χ1v) is 5.65. The molecule has 1 aromatic heterocycles. The number of halogens is 2. The summed E-state index contributed by atoms with van der Waals surface area (Å²) >= 11 is 5.30. The van der Waals surface area contributed by atoms with Crippen molar-refractivity contribution in [2.75, 3.05) is 7.11 Å². The SMILES string of the molecule is COc1cc(F)ccc1Oc1ccc(C(=O)Cl)cn1. The Balaban J connectivity index is 2.23. The van der Waals surface area contributed by atoms with Crippen LogP contribution in [0.2, 0.25) is 0 Å². The monoisotopic (exact) mass is 281 g/mol. The average molecular weight is 282 g/mol. The number of carbonyl (C=O) groups is 1. The van der Waals surface area contributed by atoms with Crippen molar-refractivity contribution in [1.29, 1.82) is 0 Å². The number of nitrogens with zero attached hydrogens (tertiary/aromatic N) is 1. The van der Waals surface area contributed by atoms with Crippen molar-refractivity contribution in [1.82, 2.24) is 4.98 Å². The van der Waals surface area contributed by atoms with E-state index in [-0.39, 0.29) is 17.2 Å². The van der Waals surface area contributed by atoms with E-state index in [2.05, 4.69) is 4.98 Å². The molecule has 0 atom stereocenters. The fourth-order valence-electron chi connectivity index (χ4n) is 1.40. The number of hydrogen-bond acceptors (Lipinski definition) is 4. The van der Waals surface area contributed by atoms with Crippen LogP contribution in [0.25, 0.3) is 0 Å². The highest BCUT2D eigenvalue weighted by Gasteiger charge is 2.08. The second kappa shape index (κ2) is 5.67. The van der Waals surface area contributed by atoms with Gasteiger partial charge >= 0.3 is 0 Å². The predicted octanol–water partition coefficient (Wildman–Crippen LogP) is 3.40. The van der Waals surface area contributed by atoms with Gasteiger partial charge in [-0.1, -0.05) is 0 Å². The molecule has 6 heteroatoms. The molecule has 98 valence electrons. The Labute approximate surface area is 113 Å². The van der Waals surface area contributed by atoms with Crippen LogP contribution in [0.3, 0.4) is 0 Å². The lowest BCUT2D eigenvalue weighted by molar-refractivity contribution is 0.108. The molecule has 0 saturated carbocycles. The molecule has 1 heterocycles. The molecule has 0 aliphatic heterocycles. The van der Waals surface area contributed by atoms with Crippen LogP contribution in [0.15, 0.2) is 36.5 Å². The van der Waals surface area contributed by atoms with E-state index in [1.165, 1.54) is 43.6 Å². The molecule has 2 rings (SSSR count). The van der Waals surface area contributed by atoms with Gasteiger partial charge in [0.2, 0.25) is 5.88 Å². The van der Waals surface area contributed by atoms with Gasteiger partial charge in [-0.25, -0.2) is 9.37 Å². The number of pyridine rings is 1. The highest BCUT2D eigenvalue weighted by atomic mass is 35.5. The second-order valence-electron chi connectivity index (χ2n) is 3.56. The molecule has 0 bridgehead atoms. The van der Waals surface area contributed by atoms with Crippen molar-refractivity contribution in [2.45, 2.75) is 0 Å². The number of rotatable bonds is 4. The van der Waals surface area contributed by atoms with E-state index >= 15 is 0 Å². The van der Waals surface area contributed by atoms with E-state index in [0.29, 0.717) is 5.75 Å². The topological polar surface area (TPSA) is 48.4 Å². The maximum atomic E-state index is 13.0. The molecule has 0 spiro atoms. The lowest BCUT2D eigenvalue weighted by Gasteiger charge is -2.09. The van der Waals surface area contributed by atoms with Crippen LogP contribution in [0.5, 0.6) is 17.4 Å². The van der Waals surface area contributed by atoms with Gasteiger partial charge in [-0.3, -0.25) is 4.79 Å². The lowest BCUT2D eigenvalue weighted by Crippen LogP contribution is -1.95. The number of benzene rings is 1. The molecule has 0 aliphatic carbocycles. The zero-order valence-corrected chi connectivity index (χ0v) is 10.6. The fraction of sp³-hybridized carbons (Fsp3) is 0.0769. The summed E-state index contributed by atoms with van der Waals surface area (Å²) in [4.78, 5) is 14.8. The third-order valence-electron chi connectivity index (χ3n) is 2.30. The van der Waals surface area contributed by atoms with Crippen molar-refractivity contribution in [2.24, 2.45) is 0 Å². The van der Waals surface area contributed by atoms with Gasteiger partial charge in [0, 0.05) is 18.3 Å². The summed E-state index contributed by atoms with van der Waals surface area (Å²) in [5.41, 5.74) is 0.264. The van der Waals surface area contributed by atoms with Gasteiger partial charge in [-0.05, 0) is 29.8 Å². The third kappa shape index (κ3) is 3.20. The summed E-state index contributed by atoms with van der Waals surface area (Å²) in [6, 6.07) is 6.84. The van der Waals surface area contributed by atoms with Crippen LogP contribution < -0.4 is 9.47 Å². The second-order valence-corrected chi connectivity index (χ2v) is 3.90. The first-order chi connectivity index (χ1) is 9.10. The van der Waals surface area contributed by atoms with Crippen LogP contribution in [0, 0.1) is 5.82 Å². The van der Waals surface area contributed by atoms with Gasteiger partial charge in [0.1, 0.15) is 5.82 Å². The number of hydrogen-bond donors (Lipinski definition) is 0. The highest BCUT2D eigenvalue weighted by Crippen LogP contribution is 2.31. The van der Waals surface area contributed by atoms with Crippen LogP contribution >= 0.6 is 11.6 Å².